The quantitative estimate of drug-likeness (QED) is 0.889. The van der Waals surface area contributed by atoms with Crippen molar-refractivity contribution in [3.05, 3.63) is 23.8 Å². The molecule has 1 amide bonds. The lowest BCUT2D eigenvalue weighted by Gasteiger charge is -2.24. The van der Waals surface area contributed by atoms with Crippen LogP contribution in [0.4, 0.5) is 11.4 Å². The number of hydrogen-bond donors (Lipinski definition) is 2. The molecule has 0 aliphatic heterocycles. The highest BCUT2D eigenvalue weighted by Gasteiger charge is 2.19. The van der Waals surface area contributed by atoms with E-state index in [2.05, 4.69) is 34.6 Å². The van der Waals surface area contributed by atoms with Gasteiger partial charge in [0, 0.05) is 31.0 Å². The Morgan fingerprint density at radius 3 is 2.35 bits per heavy atom. The maximum Gasteiger partial charge on any atom is 0.242 e. The number of benzene rings is 1. The second-order valence-corrected chi connectivity index (χ2v) is 6.50. The SMILES string of the molecule is Cc1ccc(NC(C)C(=O)NC(C)(C)C)cc1N(C)C. The van der Waals surface area contributed by atoms with Gasteiger partial charge in [0.2, 0.25) is 5.91 Å². The molecule has 2 N–H and O–H groups in total. The Bertz CT molecular complexity index is 475. The Balaban J connectivity index is 2.78. The van der Waals surface area contributed by atoms with Crippen molar-refractivity contribution in [1.29, 1.82) is 0 Å². The molecule has 20 heavy (non-hydrogen) atoms. The van der Waals surface area contributed by atoms with E-state index in [1.807, 2.05) is 47.9 Å². The van der Waals surface area contributed by atoms with Crippen LogP contribution in [0.5, 0.6) is 0 Å². The van der Waals surface area contributed by atoms with Gasteiger partial charge >= 0.3 is 0 Å². The number of hydrogen-bond acceptors (Lipinski definition) is 3. The predicted octanol–water partition coefficient (Wildman–Crippen LogP) is 2.78. The standard InChI is InChI=1S/C16H27N3O/c1-11-8-9-13(10-14(11)19(6)7)17-12(2)15(20)18-16(3,4)5/h8-10,12,17H,1-7H3,(H,18,20). The topological polar surface area (TPSA) is 44.4 Å². The van der Waals surface area contributed by atoms with Crippen molar-refractivity contribution in [3.8, 4) is 0 Å². The van der Waals surface area contributed by atoms with Crippen LogP contribution in [-0.2, 0) is 4.79 Å². The van der Waals surface area contributed by atoms with E-state index in [0.29, 0.717) is 0 Å². The van der Waals surface area contributed by atoms with Crippen molar-refractivity contribution >= 4 is 17.3 Å². The van der Waals surface area contributed by atoms with E-state index < -0.39 is 0 Å². The Kier molecular flexibility index (Phi) is 5.03. The number of nitrogens with one attached hydrogen (secondary N) is 2. The molecule has 0 aliphatic rings. The highest BCUT2D eigenvalue weighted by atomic mass is 16.2. The number of nitrogens with zero attached hydrogens (tertiary/aromatic N) is 1. The zero-order valence-electron chi connectivity index (χ0n) is 13.7. The van der Waals surface area contributed by atoms with Crippen LogP contribution in [-0.4, -0.2) is 31.6 Å². The Labute approximate surface area is 122 Å². The molecule has 0 spiro atoms. The van der Waals surface area contributed by atoms with Gasteiger partial charge in [-0.05, 0) is 52.3 Å². The van der Waals surface area contributed by atoms with Gasteiger partial charge in [0.15, 0.2) is 0 Å². The molecule has 0 heterocycles. The fraction of sp³-hybridized carbons (Fsp3) is 0.562. The number of amides is 1. The molecule has 0 saturated heterocycles. The molecule has 1 rings (SSSR count). The maximum atomic E-state index is 12.1. The van der Waals surface area contributed by atoms with Crippen molar-refractivity contribution in [1.82, 2.24) is 5.32 Å². The molecule has 4 nitrogen and oxygen atoms in total. The van der Waals surface area contributed by atoms with E-state index in [4.69, 9.17) is 0 Å². The van der Waals surface area contributed by atoms with Gasteiger partial charge in [-0.3, -0.25) is 4.79 Å². The summed E-state index contributed by atoms with van der Waals surface area (Å²) in [6.07, 6.45) is 0. The third-order valence-electron chi connectivity index (χ3n) is 2.97. The van der Waals surface area contributed by atoms with E-state index in [-0.39, 0.29) is 17.5 Å². The van der Waals surface area contributed by atoms with Gasteiger partial charge in [-0.25, -0.2) is 0 Å². The van der Waals surface area contributed by atoms with Gasteiger partial charge in [0.1, 0.15) is 6.04 Å². The second kappa shape index (κ2) is 6.16. The number of rotatable bonds is 4. The van der Waals surface area contributed by atoms with Crippen molar-refractivity contribution in [2.75, 3.05) is 24.3 Å². The van der Waals surface area contributed by atoms with Crippen LogP contribution in [0, 0.1) is 6.92 Å². The first-order chi connectivity index (χ1) is 9.10. The average molecular weight is 277 g/mol. The van der Waals surface area contributed by atoms with E-state index in [9.17, 15) is 4.79 Å². The van der Waals surface area contributed by atoms with Gasteiger partial charge in [0.05, 0.1) is 0 Å². The molecule has 1 unspecified atom stereocenters. The third kappa shape index (κ3) is 4.76. The molecule has 0 aromatic heterocycles. The lowest BCUT2D eigenvalue weighted by atomic mass is 10.1. The molecule has 0 bridgehead atoms. The molecule has 1 atom stereocenters. The van der Waals surface area contributed by atoms with Crippen LogP contribution in [0.1, 0.15) is 33.3 Å². The second-order valence-electron chi connectivity index (χ2n) is 6.50. The Morgan fingerprint density at radius 2 is 1.85 bits per heavy atom. The molecular formula is C16H27N3O. The lowest BCUT2D eigenvalue weighted by Crippen LogP contribution is -2.47. The van der Waals surface area contributed by atoms with Gasteiger partial charge in [0.25, 0.3) is 0 Å². The molecular weight excluding hydrogens is 250 g/mol. The summed E-state index contributed by atoms with van der Waals surface area (Å²) in [4.78, 5) is 14.1. The summed E-state index contributed by atoms with van der Waals surface area (Å²) in [7, 11) is 4.03. The molecule has 0 radical (unpaired) electrons. The predicted molar refractivity (Wildman–Crippen MR) is 86.5 cm³/mol. The summed E-state index contributed by atoms with van der Waals surface area (Å²) in [6.45, 7) is 9.89. The monoisotopic (exact) mass is 277 g/mol. The van der Waals surface area contributed by atoms with E-state index >= 15 is 0 Å². The molecule has 0 saturated carbocycles. The highest BCUT2D eigenvalue weighted by Crippen LogP contribution is 2.23. The zero-order valence-corrected chi connectivity index (χ0v) is 13.7. The number of anilines is 2. The molecule has 0 aliphatic carbocycles. The number of carbonyl (C=O) groups is 1. The van der Waals surface area contributed by atoms with E-state index in [1.165, 1.54) is 5.56 Å². The Morgan fingerprint density at radius 1 is 1.25 bits per heavy atom. The van der Waals surface area contributed by atoms with Crippen LogP contribution < -0.4 is 15.5 Å². The Hall–Kier alpha value is -1.71. The van der Waals surface area contributed by atoms with Crippen LogP contribution in [0.3, 0.4) is 0 Å². The minimum Gasteiger partial charge on any atom is -0.377 e. The first-order valence-corrected chi connectivity index (χ1v) is 6.96. The van der Waals surface area contributed by atoms with Crippen LogP contribution >= 0.6 is 0 Å². The van der Waals surface area contributed by atoms with Gasteiger partial charge in [-0.2, -0.15) is 0 Å². The lowest BCUT2D eigenvalue weighted by molar-refractivity contribution is -0.122. The van der Waals surface area contributed by atoms with Crippen molar-refractivity contribution in [2.45, 2.75) is 46.2 Å². The van der Waals surface area contributed by atoms with Crippen molar-refractivity contribution in [3.63, 3.8) is 0 Å². The zero-order chi connectivity index (χ0) is 15.5. The van der Waals surface area contributed by atoms with E-state index in [0.717, 1.165) is 11.4 Å². The van der Waals surface area contributed by atoms with Gasteiger partial charge < -0.3 is 15.5 Å². The fourth-order valence-electron chi connectivity index (χ4n) is 1.97. The van der Waals surface area contributed by atoms with Crippen LogP contribution in [0.25, 0.3) is 0 Å². The van der Waals surface area contributed by atoms with Crippen LogP contribution in [0.2, 0.25) is 0 Å². The summed E-state index contributed by atoms with van der Waals surface area (Å²) < 4.78 is 0. The largest absolute Gasteiger partial charge is 0.377 e. The average Bonchev–Trinajstić information content (AvgIpc) is 2.28. The minimum atomic E-state index is -0.271. The smallest absolute Gasteiger partial charge is 0.242 e. The summed E-state index contributed by atoms with van der Waals surface area (Å²) in [5, 5.41) is 6.22. The maximum absolute atomic E-state index is 12.1. The molecule has 112 valence electrons. The summed E-state index contributed by atoms with van der Waals surface area (Å²) in [5.41, 5.74) is 3.11. The van der Waals surface area contributed by atoms with Crippen molar-refractivity contribution < 1.29 is 4.79 Å². The van der Waals surface area contributed by atoms with Gasteiger partial charge in [-0.1, -0.05) is 6.07 Å². The summed E-state index contributed by atoms with van der Waals surface area (Å²) in [6, 6.07) is 5.86. The number of carbonyl (C=O) groups excluding carboxylic acids is 1. The number of aryl methyl sites for hydroxylation is 1. The molecule has 1 aromatic rings. The minimum absolute atomic E-state index is 0.00415. The van der Waals surface area contributed by atoms with Gasteiger partial charge in [-0.15, -0.1) is 0 Å². The highest BCUT2D eigenvalue weighted by molar-refractivity contribution is 5.85. The first kappa shape index (κ1) is 16.3. The van der Waals surface area contributed by atoms with Crippen molar-refractivity contribution in [2.24, 2.45) is 0 Å². The van der Waals surface area contributed by atoms with Crippen LogP contribution in [0.15, 0.2) is 18.2 Å². The third-order valence-corrected chi connectivity index (χ3v) is 2.97. The summed E-state index contributed by atoms with van der Waals surface area (Å²) >= 11 is 0. The molecule has 4 heteroatoms. The molecule has 0 fully saturated rings. The summed E-state index contributed by atoms with van der Waals surface area (Å²) in [5.74, 6) is 0.00415. The molecule has 1 aromatic carbocycles. The fourth-order valence-corrected chi connectivity index (χ4v) is 1.97. The normalized spacial score (nSPS) is 12.8. The van der Waals surface area contributed by atoms with E-state index in [1.54, 1.807) is 0 Å². The first-order valence-electron chi connectivity index (χ1n) is 6.96.